The third-order valence-electron chi connectivity index (χ3n) is 4.35. The van der Waals surface area contributed by atoms with Crippen LogP contribution in [0.25, 0.3) is 0 Å². The van der Waals surface area contributed by atoms with Gasteiger partial charge in [0.2, 0.25) is 5.91 Å². The minimum atomic E-state index is -0.889. The number of urea groups is 1. The number of carbonyl (C=O) groups excluding carboxylic acids is 4. The molecule has 2 aliphatic heterocycles. The molecule has 1 aromatic rings. The fraction of sp³-hybridized carbons (Fsp3) is 0.222. The Bertz CT molecular complexity index is 961. The van der Waals surface area contributed by atoms with Crippen LogP contribution in [-0.4, -0.2) is 66.0 Å². The summed E-state index contributed by atoms with van der Waals surface area (Å²) in [7, 11) is 2.89. The summed E-state index contributed by atoms with van der Waals surface area (Å²) in [6.07, 6.45) is 2.98. The number of methoxy groups -OCH3 is 1. The number of aliphatic imine (C=N–C) groups is 1. The molecule has 0 aromatic heterocycles. The fourth-order valence-corrected chi connectivity index (χ4v) is 2.92. The number of primary amides is 1. The maximum atomic E-state index is 12.8. The summed E-state index contributed by atoms with van der Waals surface area (Å²) in [5, 5.41) is 2.57. The molecule has 5 amide bonds. The predicted octanol–water partition coefficient (Wildman–Crippen LogP) is -0.0421. The van der Waals surface area contributed by atoms with Crippen LogP contribution in [0.1, 0.15) is 10.4 Å². The number of imide groups is 1. The van der Waals surface area contributed by atoms with Crippen molar-refractivity contribution in [3.63, 3.8) is 0 Å². The van der Waals surface area contributed by atoms with Crippen molar-refractivity contribution >= 4 is 41.5 Å². The third kappa shape index (κ3) is 3.39. The van der Waals surface area contributed by atoms with Crippen LogP contribution in [0, 0.1) is 5.92 Å². The number of allylic oxidation sites excluding steroid dienone is 1. The van der Waals surface area contributed by atoms with Crippen molar-refractivity contribution in [3.8, 4) is 0 Å². The molecule has 3 N–H and O–H groups in total. The number of anilines is 1. The molecule has 28 heavy (non-hydrogen) atoms. The van der Waals surface area contributed by atoms with Gasteiger partial charge in [0.15, 0.2) is 12.5 Å². The average molecular weight is 384 g/mol. The summed E-state index contributed by atoms with van der Waals surface area (Å²) in [5.41, 5.74) is 5.86. The second-order valence-electron chi connectivity index (χ2n) is 6.10. The lowest BCUT2D eigenvalue weighted by atomic mass is 9.99. The van der Waals surface area contributed by atoms with Gasteiger partial charge in [-0.05, 0) is 24.3 Å². The van der Waals surface area contributed by atoms with Crippen LogP contribution in [-0.2, 0) is 14.3 Å². The summed E-state index contributed by atoms with van der Waals surface area (Å²) in [4.78, 5) is 53.7. The van der Waals surface area contributed by atoms with E-state index in [9.17, 15) is 19.2 Å². The number of dihydropyridines is 1. The fourth-order valence-electron chi connectivity index (χ4n) is 2.92. The molecule has 0 radical (unpaired) electrons. The van der Waals surface area contributed by atoms with Crippen LogP contribution >= 0.6 is 0 Å². The van der Waals surface area contributed by atoms with Crippen LogP contribution in [0.2, 0.25) is 0 Å². The number of hydrogen-bond acceptors (Lipinski definition) is 6. The molecule has 0 spiro atoms. The Morgan fingerprint density at radius 1 is 1.29 bits per heavy atom. The topological polar surface area (TPSA) is 134 Å². The van der Waals surface area contributed by atoms with E-state index in [1.54, 1.807) is 0 Å². The SMILES string of the molecule is COC1=CC=NC2=[N+](C)C(=O)N(CC(=O)Nc3ccc(C(N)=O)cc3)C(=O)C12. The van der Waals surface area contributed by atoms with E-state index in [1.807, 2.05) is 0 Å². The highest BCUT2D eigenvalue weighted by Gasteiger charge is 2.49. The second kappa shape index (κ2) is 7.43. The van der Waals surface area contributed by atoms with Crippen molar-refractivity contribution in [1.29, 1.82) is 0 Å². The second-order valence-corrected chi connectivity index (χ2v) is 6.10. The number of nitrogens with one attached hydrogen (secondary N) is 1. The molecule has 1 aromatic carbocycles. The van der Waals surface area contributed by atoms with E-state index in [2.05, 4.69) is 10.3 Å². The molecule has 144 valence electrons. The van der Waals surface area contributed by atoms with E-state index in [0.29, 0.717) is 17.0 Å². The van der Waals surface area contributed by atoms with Crippen molar-refractivity contribution in [1.82, 2.24) is 4.90 Å². The van der Waals surface area contributed by atoms with Gasteiger partial charge in [0.1, 0.15) is 12.0 Å². The van der Waals surface area contributed by atoms with E-state index < -0.39 is 36.2 Å². The van der Waals surface area contributed by atoms with Gasteiger partial charge in [-0.1, -0.05) is 0 Å². The molecular formula is C18H18N5O5+. The number of ether oxygens (including phenoxy) is 1. The Labute approximate surface area is 160 Å². The minimum Gasteiger partial charge on any atom is -0.499 e. The first-order valence-electron chi connectivity index (χ1n) is 8.27. The highest BCUT2D eigenvalue weighted by Crippen LogP contribution is 2.24. The van der Waals surface area contributed by atoms with Gasteiger partial charge in [-0.3, -0.25) is 14.4 Å². The monoisotopic (exact) mass is 384 g/mol. The molecule has 2 heterocycles. The van der Waals surface area contributed by atoms with Crippen LogP contribution in [0.5, 0.6) is 0 Å². The van der Waals surface area contributed by atoms with Crippen LogP contribution in [0.4, 0.5) is 10.5 Å². The first kappa shape index (κ1) is 19.0. The average Bonchev–Trinajstić information content (AvgIpc) is 2.69. The number of nitrogens with two attached hydrogens (primary N) is 1. The number of rotatable bonds is 5. The Balaban J connectivity index is 1.77. The zero-order valence-electron chi connectivity index (χ0n) is 15.2. The molecule has 10 heteroatoms. The van der Waals surface area contributed by atoms with Crippen molar-refractivity contribution in [2.24, 2.45) is 16.6 Å². The predicted molar refractivity (Wildman–Crippen MR) is 99.0 cm³/mol. The van der Waals surface area contributed by atoms with Gasteiger partial charge >= 0.3 is 11.9 Å². The van der Waals surface area contributed by atoms with Crippen LogP contribution in [0.3, 0.4) is 0 Å². The number of hydrogen-bond donors (Lipinski definition) is 2. The first-order valence-corrected chi connectivity index (χ1v) is 8.27. The highest BCUT2D eigenvalue weighted by molar-refractivity contribution is 6.16. The Hall–Kier alpha value is -3.82. The molecule has 0 saturated carbocycles. The molecule has 0 aliphatic carbocycles. The molecule has 10 nitrogen and oxygen atoms in total. The first-order chi connectivity index (χ1) is 13.3. The lowest BCUT2D eigenvalue weighted by Gasteiger charge is -2.27. The minimum absolute atomic E-state index is 0.244. The lowest BCUT2D eigenvalue weighted by molar-refractivity contribution is -0.408. The van der Waals surface area contributed by atoms with Gasteiger partial charge in [-0.25, -0.2) is 4.79 Å². The van der Waals surface area contributed by atoms with Crippen molar-refractivity contribution in [2.45, 2.75) is 0 Å². The molecule has 0 saturated heterocycles. The van der Waals surface area contributed by atoms with Gasteiger partial charge in [-0.2, -0.15) is 9.48 Å². The highest BCUT2D eigenvalue weighted by atomic mass is 16.5. The number of amidine groups is 1. The van der Waals surface area contributed by atoms with E-state index in [0.717, 1.165) is 4.90 Å². The smallest absolute Gasteiger partial charge is 0.446 e. The van der Waals surface area contributed by atoms with Crippen molar-refractivity contribution in [2.75, 3.05) is 26.0 Å². The normalized spacial score (nSPS) is 18.6. The molecule has 0 fully saturated rings. The van der Waals surface area contributed by atoms with Gasteiger partial charge in [0.05, 0.1) is 14.2 Å². The number of nitrogens with zero attached hydrogens (tertiary/aromatic N) is 3. The molecular weight excluding hydrogens is 366 g/mol. The Morgan fingerprint density at radius 3 is 2.57 bits per heavy atom. The van der Waals surface area contributed by atoms with Crippen molar-refractivity contribution in [3.05, 3.63) is 41.7 Å². The Morgan fingerprint density at radius 2 is 1.96 bits per heavy atom. The van der Waals surface area contributed by atoms with E-state index >= 15 is 0 Å². The number of carbonyl (C=O) groups is 4. The summed E-state index contributed by atoms with van der Waals surface area (Å²) in [6, 6.07) is 5.25. The van der Waals surface area contributed by atoms with Gasteiger partial charge < -0.3 is 15.8 Å². The van der Waals surface area contributed by atoms with E-state index in [1.165, 1.54) is 55.3 Å². The number of amides is 5. The maximum Gasteiger partial charge on any atom is 0.446 e. The van der Waals surface area contributed by atoms with E-state index in [4.69, 9.17) is 10.5 Å². The summed E-state index contributed by atoms with van der Waals surface area (Å²) in [5.74, 6) is -2.07. The number of benzene rings is 1. The van der Waals surface area contributed by atoms with E-state index in [-0.39, 0.29) is 5.84 Å². The summed E-state index contributed by atoms with van der Waals surface area (Å²) in [6.45, 7) is -0.482. The standard InChI is InChI=1S/C18H17N5O5/c1-22-16-14(12(28-2)7-8-20-16)17(26)23(18(22)27)9-13(24)21-11-5-3-10(4-6-11)15(19)25/h3-8,14H,9H2,1-2H3,(H2-,19,21,24,25)/p+1. The van der Waals surface area contributed by atoms with Gasteiger partial charge in [-0.15, -0.1) is 4.99 Å². The number of fused-ring (bicyclic) bond motifs is 1. The third-order valence-corrected chi connectivity index (χ3v) is 4.35. The molecule has 0 bridgehead atoms. The van der Waals surface area contributed by atoms with Crippen LogP contribution < -0.4 is 11.1 Å². The summed E-state index contributed by atoms with van der Waals surface area (Å²) < 4.78 is 6.43. The van der Waals surface area contributed by atoms with Gasteiger partial charge in [0, 0.05) is 17.3 Å². The maximum absolute atomic E-state index is 12.8. The zero-order chi connectivity index (χ0) is 20.4. The lowest BCUT2D eigenvalue weighted by Crippen LogP contribution is -2.56. The summed E-state index contributed by atoms with van der Waals surface area (Å²) >= 11 is 0. The van der Waals surface area contributed by atoms with Gasteiger partial charge in [0.25, 0.3) is 11.7 Å². The largest absolute Gasteiger partial charge is 0.499 e. The Kier molecular flexibility index (Phi) is 5.03. The molecule has 3 rings (SSSR count). The quantitative estimate of drug-likeness (QED) is 0.687. The molecule has 1 atom stereocenters. The van der Waals surface area contributed by atoms with Crippen molar-refractivity contribution < 1.29 is 28.5 Å². The zero-order valence-corrected chi connectivity index (χ0v) is 15.2. The molecule has 2 aliphatic rings. The molecule has 1 unspecified atom stereocenters. The van der Waals surface area contributed by atoms with Crippen LogP contribution in [0.15, 0.2) is 41.1 Å².